The standard InChI is InChI=1S/C29H40N4O4S/c1-37-20-27(34)33-19-24(16-25(33)28(35)31-18-23-10-5-9-22(15-23)17-30)32(29(36)26-11-6-14-38-26)13-12-21-7-3-2-4-8-21/h2-4,6-8,11,14,22-25H,5,9-10,12-13,15-20,30H2,1H3,(H,31,35). The molecule has 2 heterocycles. The fraction of sp³-hybridized carbons (Fsp3) is 0.552. The van der Waals surface area contributed by atoms with Gasteiger partial charge in [-0.15, -0.1) is 11.3 Å². The number of likely N-dealkylation sites (tertiary alicyclic amines) is 1. The van der Waals surface area contributed by atoms with E-state index in [1.807, 2.05) is 52.7 Å². The first-order valence-electron chi connectivity index (χ1n) is 13.6. The number of nitrogens with one attached hydrogen (secondary N) is 1. The van der Waals surface area contributed by atoms with Crippen molar-refractivity contribution in [3.8, 4) is 0 Å². The summed E-state index contributed by atoms with van der Waals surface area (Å²) in [6.45, 7) is 2.00. The minimum absolute atomic E-state index is 0.0591. The summed E-state index contributed by atoms with van der Waals surface area (Å²) in [6.07, 6.45) is 5.50. The van der Waals surface area contributed by atoms with Gasteiger partial charge >= 0.3 is 0 Å². The van der Waals surface area contributed by atoms with Crippen LogP contribution in [0.25, 0.3) is 0 Å². The van der Waals surface area contributed by atoms with Gasteiger partial charge in [-0.25, -0.2) is 0 Å². The van der Waals surface area contributed by atoms with Crippen LogP contribution in [-0.2, 0) is 20.7 Å². The van der Waals surface area contributed by atoms with Gasteiger partial charge in [0.2, 0.25) is 11.8 Å². The maximum Gasteiger partial charge on any atom is 0.264 e. The van der Waals surface area contributed by atoms with Crippen LogP contribution in [0.1, 0.15) is 47.3 Å². The molecular formula is C29H40N4O4S. The van der Waals surface area contributed by atoms with Gasteiger partial charge in [-0.05, 0) is 67.5 Å². The molecule has 1 saturated heterocycles. The molecule has 2 aromatic rings. The predicted octanol–water partition coefficient (Wildman–Crippen LogP) is 2.93. The van der Waals surface area contributed by atoms with Gasteiger partial charge in [0.05, 0.1) is 10.9 Å². The number of benzene rings is 1. The molecule has 206 valence electrons. The molecule has 1 aromatic heterocycles. The minimum Gasteiger partial charge on any atom is -0.375 e. The molecule has 3 N–H and O–H groups in total. The van der Waals surface area contributed by atoms with Crippen molar-refractivity contribution in [2.75, 3.05) is 39.9 Å². The molecule has 0 spiro atoms. The number of carbonyl (C=O) groups excluding carboxylic acids is 3. The molecule has 1 aliphatic carbocycles. The first-order valence-corrected chi connectivity index (χ1v) is 14.5. The topological polar surface area (TPSA) is 105 Å². The number of rotatable bonds is 11. The van der Waals surface area contributed by atoms with Crippen LogP contribution in [0.15, 0.2) is 47.8 Å². The monoisotopic (exact) mass is 540 g/mol. The Morgan fingerprint density at radius 3 is 2.61 bits per heavy atom. The summed E-state index contributed by atoms with van der Waals surface area (Å²) in [4.78, 5) is 44.1. The van der Waals surface area contributed by atoms with Crippen molar-refractivity contribution >= 4 is 29.1 Å². The lowest BCUT2D eigenvalue weighted by molar-refractivity contribution is -0.141. The molecule has 0 bridgehead atoms. The van der Waals surface area contributed by atoms with Crippen molar-refractivity contribution in [3.63, 3.8) is 0 Å². The lowest BCUT2D eigenvalue weighted by atomic mass is 9.81. The van der Waals surface area contributed by atoms with Crippen molar-refractivity contribution in [2.24, 2.45) is 17.6 Å². The average molecular weight is 541 g/mol. The molecule has 8 nitrogen and oxygen atoms in total. The van der Waals surface area contributed by atoms with Crippen molar-refractivity contribution in [2.45, 2.75) is 50.6 Å². The largest absolute Gasteiger partial charge is 0.375 e. The molecule has 4 rings (SSSR count). The number of nitrogens with zero attached hydrogens (tertiary/aromatic N) is 2. The Kier molecular flexibility index (Phi) is 10.3. The number of hydrogen-bond acceptors (Lipinski definition) is 6. The SMILES string of the molecule is COCC(=O)N1CC(N(CCc2ccccc2)C(=O)c2cccs2)CC1C(=O)NCC1CCCC(CN)C1. The van der Waals surface area contributed by atoms with Gasteiger partial charge in [0, 0.05) is 26.7 Å². The van der Waals surface area contributed by atoms with Crippen LogP contribution in [-0.4, -0.2) is 79.5 Å². The molecule has 2 aliphatic rings. The second kappa shape index (κ2) is 13.9. The van der Waals surface area contributed by atoms with Crippen molar-refractivity contribution in [1.82, 2.24) is 15.1 Å². The fourth-order valence-electron chi connectivity index (χ4n) is 5.82. The van der Waals surface area contributed by atoms with Gasteiger partial charge < -0.3 is 25.6 Å². The Balaban J connectivity index is 1.48. The zero-order chi connectivity index (χ0) is 26.9. The van der Waals surface area contributed by atoms with Gasteiger partial charge in [-0.3, -0.25) is 14.4 Å². The number of nitrogens with two attached hydrogens (primary N) is 1. The quantitative estimate of drug-likeness (QED) is 0.456. The summed E-state index contributed by atoms with van der Waals surface area (Å²) < 4.78 is 5.12. The zero-order valence-corrected chi connectivity index (χ0v) is 23.0. The number of methoxy groups -OCH3 is 1. The van der Waals surface area contributed by atoms with E-state index >= 15 is 0 Å². The Hall–Kier alpha value is -2.75. The third-order valence-electron chi connectivity index (χ3n) is 7.88. The van der Waals surface area contributed by atoms with Gasteiger partial charge in [0.25, 0.3) is 5.91 Å². The molecule has 1 aromatic carbocycles. The molecular weight excluding hydrogens is 500 g/mol. The van der Waals surface area contributed by atoms with Gasteiger partial charge in [0.15, 0.2) is 0 Å². The molecule has 4 unspecified atom stereocenters. The smallest absolute Gasteiger partial charge is 0.264 e. The Bertz CT molecular complexity index is 1050. The van der Waals surface area contributed by atoms with E-state index in [1.54, 1.807) is 4.90 Å². The highest BCUT2D eigenvalue weighted by Crippen LogP contribution is 2.29. The summed E-state index contributed by atoms with van der Waals surface area (Å²) in [5.74, 6) is 0.476. The number of thiophene rings is 1. The Morgan fingerprint density at radius 2 is 1.89 bits per heavy atom. The van der Waals surface area contributed by atoms with Crippen molar-refractivity contribution < 1.29 is 19.1 Å². The van der Waals surface area contributed by atoms with Crippen molar-refractivity contribution in [3.05, 3.63) is 58.3 Å². The fourth-order valence-corrected chi connectivity index (χ4v) is 6.50. The first kappa shape index (κ1) is 28.3. The van der Waals surface area contributed by atoms with Gasteiger partial charge in [-0.2, -0.15) is 0 Å². The van der Waals surface area contributed by atoms with E-state index in [0.717, 1.165) is 31.2 Å². The third-order valence-corrected chi connectivity index (χ3v) is 8.74. The van der Waals surface area contributed by atoms with Gasteiger partial charge in [0.1, 0.15) is 12.6 Å². The number of carbonyl (C=O) groups is 3. The van der Waals surface area contributed by atoms with E-state index in [-0.39, 0.29) is 30.4 Å². The molecule has 0 radical (unpaired) electrons. The number of amides is 3. The van der Waals surface area contributed by atoms with Crippen molar-refractivity contribution in [1.29, 1.82) is 0 Å². The molecule has 2 fully saturated rings. The van der Waals surface area contributed by atoms with E-state index in [4.69, 9.17) is 10.5 Å². The van der Waals surface area contributed by atoms with E-state index in [2.05, 4.69) is 5.32 Å². The minimum atomic E-state index is -0.632. The maximum atomic E-state index is 13.6. The van der Waals surface area contributed by atoms with Crippen LogP contribution >= 0.6 is 11.3 Å². The van der Waals surface area contributed by atoms with E-state index < -0.39 is 6.04 Å². The Labute approximate surface area is 229 Å². The zero-order valence-electron chi connectivity index (χ0n) is 22.2. The lowest BCUT2D eigenvalue weighted by Gasteiger charge is -2.29. The summed E-state index contributed by atoms with van der Waals surface area (Å²) in [5, 5.41) is 5.02. The summed E-state index contributed by atoms with van der Waals surface area (Å²) in [5.41, 5.74) is 7.03. The summed E-state index contributed by atoms with van der Waals surface area (Å²) >= 11 is 1.41. The van der Waals surface area contributed by atoms with Crippen LogP contribution in [0.5, 0.6) is 0 Å². The predicted molar refractivity (Wildman–Crippen MR) is 149 cm³/mol. The van der Waals surface area contributed by atoms with E-state index in [1.165, 1.54) is 18.4 Å². The van der Waals surface area contributed by atoms with Gasteiger partial charge in [-0.1, -0.05) is 42.8 Å². The van der Waals surface area contributed by atoms with Crippen LogP contribution in [0.4, 0.5) is 0 Å². The molecule has 3 amide bonds. The number of hydrogen-bond donors (Lipinski definition) is 2. The molecule has 1 aliphatic heterocycles. The second-order valence-electron chi connectivity index (χ2n) is 10.5. The summed E-state index contributed by atoms with van der Waals surface area (Å²) in [7, 11) is 1.48. The second-order valence-corrected chi connectivity index (χ2v) is 11.4. The molecule has 38 heavy (non-hydrogen) atoms. The normalized spacial score (nSPS) is 23.3. The van der Waals surface area contributed by atoms with Crippen LogP contribution in [0.3, 0.4) is 0 Å². The third kappa shape index (κ3) is 7.21. The molecule has 9 heteroatoms. The van der Waals surface area contributed by atoms with Crippen LogP contribution in [0.2, 0.25) is 0 Å². The molecule has 4 atom stereocenters. The highest BCUT2D eigenvalue weighted by Gasteiger charge is 2.43. The van der Waals surface area contributed by atoms with Crippen LogP contribution in [0, 0.1) is 11.8 Å². The highest BCUT2D eigenvalue weighted by atomic mass is 32.1. The summed E-state index contributed by atoms with van der Waals surface area (Å²) in [6, 6.07) is 12.9. The first-order chi connectivity index (χ1) is 18.5. The highest BCUT2D eigenvalue weighted by molar-refractivity contribution is 7.12. The van der Waals surface area contributed by atoms with Crippen LogP contribution < -0.4 is 11.1 Å². The lowest BCUT2D eigenvalue weighted by Crippen LogP contribution is -2.48. The van der Waals surface area contributed by atoms with E-state index in [9.17, 15) is 14.4 Å². The average Bonchev–Trinajstić information content (AvgIpc) is 3.64. The molecule has 1 saturated carbocycles. The maximum absolute atomic E-state index is 13.6. The number of ether oxygens (including phenoxy) is 1. The Morgan fingerprint density at radius 1 is 1.11 bits per heavy atom. The van der Waals surface area contributed by atoms with E-state index in [0.29, 0.717) is 55.7 Å².